The molecule has 0 N–H and O–H groups in total. The van der Waals surface area contributed by atoms with Gasteiger partial charge < -0.3 is 9.47 Å². The Kier molecular flexibility index (Phi) is 5.89. The molecule has 5 heteroatoms. The van der Waals surface area contributed by atoms with E-state index in [2.05, 4.69) is 0 Å². The number of anilines is 1. The number of carbonyl (C=O) groups is 1. The molecular weight excluding hydrogens is 453 g/mol. The second-order valence-corrected chi connectivity index (χ2v) is 8.17. The molecule has 0 fully saturated rings. The molecule has 0 aliphatic heterocycles. The summed E-state index contributed by atoms with van der Waals surface area (Å²) in [4.78, 5) is 12.4. The number of rotatable bonds is 4. The molecule has 140 valence electrons. The van der Waals surface area contributed by atoms with Gasteiger partial charge in [-0.3, -0.25) is 0 Å². The quantitative estimate of drug-likeness (QED) is 0.319. The Balaban J connectivity index is 1.91. The molecule has 0 spiro atoms. The Morgan fingerprint density at radius 2 is 1.67 bits per heavy atom. The van der Waals surface area contributed by atoms with Crippen molar-refractivity contribution < 1.29 is 14.3 Å². The minimum absolute atomic E-state index is 0.410. The highest BCUT2D eigenvalue weighted by Crippen LogP contribution is 2.34. The van der Waals surface area contributed by atoms with Crippen LogP contribution in [0, 0.1) is 0 Å². The summed E-state index contributed by atoms with van der Waals surface area (Å²) < 4.78 is 13.0. The highest BCUT2D eigenvalue weighted by Gasteiger charge is 2.22. The molecule has 0 saturated carbocycles. The van der Waals surface area contributed by atoms with Gasteiger partial charge in [0.05, 0.1) is 28.6 Å². The molecule has 0 unspecified atom stereocenters. The summed E-state index contributed by atoms with van der Waals surface area (Å²) in [6.07, 6.45) is -0.410. The number of fused-ring (bicyclic) bond motifs is 1. The lowest BCUT2D eigenvalue weighted by Crippen LogP contribution is -2.30. The van der Waals surface area contributed by atoms with Gasteiger partial charge in [-0.25, -0.2) is 7.91 Å². The van der Waals surface area contributed by atoms with Crippen LogP contribution in [0.2, 0.25) is 0 Å². The van der Waals surface area contributed by atoms with Crippen molar-refractivity contribution in [1.82, 2.24) is 0 Å². The highest BCUT2D eigenvalue weighted by atomic mass is 127. The van der Waals surface area contributed by atoms with Crippen LogP contribution in [0.5, 0.6) is 5.75 Å². The van der Waals surface area contributed by atoms with Crippen molar-refractivity contribution in [2.45, 2.75) is 33.0 Å². The molecule has 0 heterocycles. The summed E-state index contributed by atoms with van der Waals surface area (Å²) in [7, 11) is 0. The van der Waals surface area contributed by atoms with Crippen LogP contribution in [-0.4, -0.2) is 11.7 Å². The van der Waals surface area contributed by atoms with Crippen molar-refractivity contribution in [2.75, 3.05) is 3.11 Å². The molecular formula is C22H22INO3. The SMILES string of the molecule is CC(C)(C)OC(=O)N(I)c1cc(OCc2ccccc2)c2ccccc2c1. The number of nitrogens with zero attached hydrogens (tertiary/aromatic N) is 1. The van der Waals surface area contributed by atoms with E-state index in [1.54, 1.807) is 0 Å². The third-order valence-electron chi connectivity index (χ3n) is 3.83. The third-order valence-corrected chi connectivity index (χ3v) is 4.78. The second-order valence-electron chi connectivity index (χ2n) is 7.20. The number of hydrogen-bond acceptors (Lipinski definition) is 3. The molecule has 0 aliphatic carbocycles. The maximum Gasteiger partial charge on any atom is 0.423 e. The van der Waals surface area contributed by atoms with Gasteiger partial charge in [-0.2, -0.15) is 0 Å². The monoisotopic (exact) mass is 475 g/mol. The first-order valence-corrected chi connectivity index (χ1v) is 9.68. The van der Waals surface area contributed by atoms with E-state index in [4.69, 9.17) is 9.47 Å². The van der Waals surface area contributed by atoms with Crippen molar-refractivity contribution in [3.8, 4) is 5.75 Å². The summed E-state index contributed by atoms with van der Waals surface area (Å²) in [5.41, 5.74) is 1.25. The molecule has 0 aromatic heterocycles. The van der Waals surface area contributed by atoms with E-state index in [1.807, 2.05) is 110 Å². The minimum atomic E-state index is -0.552. The summed E-state index contributed by atoms with van der Waals surface area (Å²) >= 11 is 1.97. The second kappa shape index (κ2) is 8.17. The maximum atomic E-state index is 12.4. The molecule has 0 atom stereocenters. The smallest absolute Gasteiger partial charge is 0.423 e. The average molecular weight is 475 g/mol. The number of benzene rings is 3. The van der Waals surface area contributed by atoms with Crippen molar-refractivity contribution in [1.29, 1.82) is 0 Å². The van der Waals surface area contributed by atoms with Gasteiger partial charge in [-0.05, 0) is 37.8 Å². The summed E-state index contributed by atoms with van der Waals surface area (Å²) in [6.45, 7) is 6.01. The standard InChI is InChI=1S/C22H22INO3/c1-22(2,3)27-21(25)24(23)18-13-17-11-7-8-12-19(17)20(14-18)26-15-16-9-5-4-6-10-16/h4-14H,15H2,1-3H3. The first-order valence-electron chi connectivity index (χ1n) is 8.72. The number of ether oxygens (including phenoxy) is 2. The fourth-order valence-corrected chi connectivity index (χ4v) is 3.01. The Bertz CT molecular complexity index is 935. The van der Waals surface area contributed by atoms with Crippen molar-refractivity contribution >= 4 is 45.4 Å². The van der Waals surface area contributed by atoms with Gasteiger partial charge >= 0.3 is 6.09 Å². The molecule has 4 nitrogen and oxygen atoms in total. The van der Waals surface area contributed by atoms with Crippen LogP contribution in [0.3, 0.4) is 0 Å². The molecule has 3 rings (SSSR count). The predicted molar refractivity (Wildman–Crippen MR) is 117 cm³/mol. The Labute approximate surface area is 173 Å². The zero-order chi connectivity index (χ0) is 19.4. The van der Waals surface area contributed by atoms with Gasteiger partial charge in [-0.1, -0.05) is 54.6 Å². The van der Waals surface area contributed by atoms with Crippen molar-refractivity contribution in [2.24, 2.45) is 0 Å². The molecule has 1 amide bonds. The van der Waals surface area contributed by atoms with E-state index in [9.17, 15) is 4.79 Å². The fraction of sp³-hybridized carbons (Fsp3) is 0.227. The lowest BCUT2D eigenvalue weighted by molar-refractivity contribution is 0.0617. The van der Waals surface area contributed by atoms with Crippen LogP contribution in [-0.2, 0) is 11.3 Å². The first kappa shape index (κ1) is 19.5. The van der Waals surface area contributed by atoms with Gasteiger partial charge in [0.15, 0.2) is 0 Å². The van der Waals surface area contributed by atoms with Gasteiger partial charge in [0, 0.05) is 11.5 Å². The lowest BCUT2D eigenvalue weighted by Gasteiger charge is -2.24. The summed E-state index contributed by atoms with van der Waals surface area (Å²) in [6, 6.07) is 21.8. The lowest BCUT2D eigenvalue weighted by atomic mass is 10.1. The predicted octanol–water partition coefficient (Wildman–Crippen LogP) is 6.51. The number of amides is 1. The van der Waals surface area contributed by atoms with E-state index in [0.29, 0.717) is 12.3 Å². The number of carbonyl (C=O) groups excluding carboxylic acids is 1. The maximum absolute atomic E-state index is 12.4. The van der Waals surface area contributed by atoms with Gasteiger partial charge in [0.1, 0.15) is 18.0 Å². The number of hydrogen-bond donors (Lipinski definition) is 0. The molecule has 3 aromatic carbocycles. The Hall–Kier alpha value is -2.28. The van der Waals surface area contributed by atoms with Gasteiger partial charge in [0.2, 0.25) is 0 Å². The van der Waals surface area contributed by atoms with Crippen LogP contribution in [0.4, 0.5) is 10.5 Å². The summed E-state index contributed by atoms with van der Waals surface area (Å²) in [5.74, 6) is 0.733. The Morgan fingerprint density at radius 1 is 1.00 bits per heavy atom. The first-order chi connectivity index (χ1) is 12.8. The van der Waals surface area contributed by atoms with Crippen LogP contribution < -0.4 is 7.85 Å². The largest absolute Gasteiger partial charge is 0.488 e. The number of halogens is 1. The van der Waals surface area contributed by atoms with Crippen LogP contribution in [0.1, 0.15) is 26.3 Å². The van der Waals surface area contributed by atoms with E-state index in [-0.39, 0.29) is 0 Å². The average Bonchev–Trinajstić information content (AvgIpc) is 2.64. The van der Waals surface area contributed by atoms with Crippen LogP contribution in [0.15, 0.2) is 66.7 Å². The zero-order valence-corrected chi connectivity index (χ0v) is 17.8. The van der Waals surface area contributed by atoms with Crippen LogP contribution in [0.25, 0.3) is 10.8 Å². The Morgan fingerprint density at radius 3 is 2.37 bits per heavy atom. The van der Waals surface area contributed by atoms with Gasteiger partial charge in [0.25, 0.3) is 0 Å². The van der Waals surface area contributed by atoms with E-state index >= 15 is 0 Å². The van der Waals surface area contributed by atoms with E-state index in [1.165, 1.54) is 3.11 Å². The topological polar surface area (TPSA) is 38.8 Å². The summed E-state index contributed by atoms with van der Waals surface area (Å²) in [5, 5.41) is 2.01. The van der Waals surface area contributed by atoms with Crippen molar-refractivity contribution in [3.63, 3.8) is 0 Å². The minimum Gasteiger partial charge on any atom is -0.488 e. The molecule has 0 radical (unpaired) electrons. The third kappa shape index (κ3) is 5.13. The molecule has 0 bridgehead atoms. The van der Waals surface area contributed by atoms with Gasteiger partial charge in [-0.15, -0.1) is 0 Å². The highest BCUT2D eigenvalue weighted by molar-refractivity contribution is 14.1. The molecule has 27 heavy (non-hydrogen) atoms. The zero-order valence-electron chi connectivity index (χ0n) is 15.6. The van der Waals surface area contributed by atoms with E-state index < -0.39 is 11.7 Å². The fourth-order valence-electron chi connectivity index (χ4n) is 2.64. The van der Waals surface area contributed by atoms with Crippen molar-refractivity contribution in [3.05, 3.63) is 72.3 Å². The normalized spacial score (nSPS) is 11.3. The molecule has 3 aromatic rings. The molecule has 0 aliphatic rings. The van der Waals surface area contributed by atoms with E-state index in [0.717, 1.165) is 22.1 Å². The molecule has 0 saturated heterocycles. The van der Waals surface area contributed by atoms with Crippen LogP contribution >= 0.6 is 22.9 Å².